The topological polar surface area (TPSA) is 56.7 Å². The predicted molar refractivity (Wildman–Crippen MR) is 73.3 cm³/mol. The van der Waals surface area contributed by atoms with Crippen LogP contribution in [-0.2, 0) is 0 Å². The predicted octanol–water partition coefficient (Wildman–Crippen LogP) is 3.31. The first-order valence-electron chi connectivity index (χ1n) is 5.20. The highest BCUT2D eigenvalue weighted by Crippen LogP contribution is 2.29. The van der Waals surface area contributed by atoms with Gasteiger partial charge < -0.3 is 5.73 Å². The van der Waals surface area contributed by atoms with Crippen LogP contribution in [0.4, 0.5) is 5.95 Å². The van der Waals surface area contributed by atoms with E-state index in [1.807, 2.05) is 12.1 Å². The number of anilines is 1. The zero-order valence-corrected chi connectivity index (χ0v) is 10.7. The smallest absolute Gasteiger partial charge is 0.206 e. The van der Waals surface area contributed by atoms with Gasteiger partial charge in [0.15, 0.2) is 0 Å². The fourth-order valence-electron chi connectivity index (χ4n) is 1.87. The van der Waals surface area contributed by atoms with E-state index in [1.165, 1.54) is 0 Å². The average molecular weight is 279 g/mol. The van der Waals surface area contributed by atoms with Crippen LogP contribution < -0.4 is 5.73 Å². The molecule has 2 N–H and O–H groups in total. The van der Waals surface area contributed by atoms with Crippen LogP contribution >= 0.6 is 23.2 Å². The number of benzene rings is 1. The second kappa shape index (κ2) is 4.15. The Morgan fingerprint density at radius 3 is 2.78 bits per heavy atom. The summed E-state index contributed by atoms with van der Waals surface area (Å²) in [6, 6.07) is 7.08. The summed E-state index contributed by atoms with van der Waals surface area (Å²) in [4.78, 5) is 8.25. The Kier molecular flexibility index (Phi) is 2.61. The van der Waals surface area contributed by atoms with E-state index in [-0.39, 0.29) is 0 Å². The molecule has 4 nitrogen and oxygen atoms in total. The number of pyridine rings is 1. The quantitative estimate of drug-likeness (QED) is 0.743. The van der Waals surface area contributed by atoms with Crippen molar-refractivity contribution in [1.29, 1.82) is 0 Å². The van der Waals surface area contributed by atoms with E-state index >= 15 is 0 Å². The monoisotopic (exact) mass is 278 g/mol. The molecule has 3 rings (SSSR count). The van der Waals surface area contributed by atoms with E-state index < -0.39 is 0 Å². The van der Waals surface area contributed by atoms with E-state index in [1.54, 1.807) is 29.1 Å². The molecule has 2 heterocycles. The Morgan fingerprint density at radius 2 is 2.00 bits per heavy atom. The lowest BCUT2D eigenvalue weighted by Crippen LogP contribution is -2.01. The minimum absolute atomic E-state index is 0.363. The Hall–Kier alpha value is -1.78. The van der Waals surface area contributed by atoms with Crippen LogP contribution in [-0.4, -0.2) is 14.5 Å². The third kappa shape index (κ3) is 1.70. The Morgan fingerprint density at radius 1 is 1.17 bits per heavy atom. The Bertz CT molecular complexity index is 736. The molecule has 0 aliphatic rings. The third-order valence-electron chi connectivity index (χ3n) is 2.63. The lowest BCUT2D eigenvalue weighted by Gasteiger charge is -2.08. The van der Waals surface area contributed by atoms with Gasteiger partial charge in [-0.2, -0.15) is 0 Å². The summed E-state index contributed by atoms with van der Waals surface area (Å²) in [6.45, 7) is 0. The SMILES string of the molecule is Nc1nc2cnccc2n1-c1ccc(Cl)cc1Cl. The molecule has 1 aromatic carbocycles. The van der Waals surface area contributed by atoms with Gasteiger partial charge in [-0.25, -0.2) is 4.98 Å². The number of rotatable bonds is 1. The largest absolute Gasteiger partial charge is 0.369 e. The normalized spacial score (nSPS) is 11.0. The van der Waals surface area contributed by atoms with Crippen molar-refractivity contribution in [2.75, 3.05) is 5.73 Å². The Labute approximate surface area is 113 Å². The minimum atomic E-state index is 0.363. The van der Waals surface area contributed by atoms with Crippen molar-refractivity contribution in [3.05, 3.63) is 46.7 Å². The van der Waals surface area contributed by atoms with Crippen molar-refractivity contribution in [2.24, 2.45) is 0 Å². The van der Waals surface area contributed by atoms with Gasteiger partial charge in [-0.15, -0.1) is 0 Å². The van der Waals surface area contributed by atoms with Gasteiger partial charge in [0.05, 0.1) is 22.4 Å². The number of imidazole rings is 1. The van der Waals surface area contributed by atoms with Gasteiger partial charge in [0.2, 0.25) is 5.95 Å². The number of fused-ring (bicyclic) bond motifs is 1. The summed E-state index contributed by atoms with van der Waals surface area (Å²) >= 11 is 12.1. The summed E-state index contributed by atoms with van der Waals surface area (Å²) in [5, 5.41) is 1.10. The maximum Gasteiger partial charge on any atom is 0.206 e. The van der Waals surface area contributed by atoms with E-state index in [4.69, 9.17) is 28.9 Å². The standard InChI is InChI=1S/C12H8Cl2N4/c13-7-1-2-10(8(14)5-7)18-11-3-4-16-6-9(11)17-12(18)15/h1-6H,(H2,15,17). The van der Waals surface area contributed by atoms with Gasteiger partial charge in [-0.1, -0.05) is 23.2 Å². The molecule has 18 heavy (non-hydrogen) atoms. The maximum absolute atomic E-state index is 6.19. The molecular formula is C12H8Cl2N4. The summed E-state index contributed by atoms with van der Waals surface area (Å²) in [5.74, 6) is 0.363. The van der Waals surface area contributed by atoms with E-state index in [0.29, 0.717) is 16.0 Å². The highest BCUT2D eigenvalue weighted by Gasteiger charge is 2.12. The molecule has 0 aliphatic carbocycles. The summed E-state index contributed by atoms with van der Waals surface area (Å²) in [7, 11) is 0. The molecule has 2 aromatic heterocycles. The van der Waals surface area contributed by atoms with Crippen LogP contribution in [0.5, 0.6) is 0 Å². The number of hydrogen-bond acceptors (Lipinski definition) is 3. The fraction of sp³-hybridized carbons (Fsp3) is 0. The molecule has 6 heteroatoms. The highest BCUT2D eigenvalue weighted by molar-refractivity contribution is 6.35. The van der Waals surface area contributed by atoms with E-state index in [2.05, 4.69) is 9.97 Å². The van der Waals surface area contributed by atoms with Crippen LogP contribution in [0.2, 0.25) is 10.0 Å². The van der Waals surface area contributed by atoms with E-state index in [0.717, 1.165) is 16.7 Å². The molecular weight excluding hydrogens is 271 g/mol. The van der Waals surface area contributed by atoms with Crippen molar-refractivity contribution in [3.63, 3.8) is 0 Å². The zero-order valence-electron chi connectivity index (χ0n) is 9.14. The van der Waals surface area contributed by atoms with Crippen LogP contribution in [0.1, 0.15) is 0 Å². The first kappa shape index (κ1) is 11.3. The van der Waals surface area contributed by atoms with Gasteiger partial charge >= 0.3 is 0 Å². The molecule has 0 aliphatic heterocycles. The molecule has 0 unspecified atom stereocenters. The van der Waals surface area contributed by atoms with Crippen LogP contribution in [0.3, 0.4) is 0 Å². The number of halogens is 2. The van der Waals surface area contributed by atoms with Gasteiger partial charge in [0.25, 0.3) is 0 Å². The summed E-state index contributed by atoms with van der Waals surface area (Å²) < 4.78 is 1.77. The third-order valence-corrected chi connectivity index (χ3v) is 3.17. The van der Waals surface area contributed by atoms with Gasteiger partial charge in [-0.05, 0) is 24.3 Å². The number of nitrogens with two attached hydrogens (primary N) is 1. The van der Waals surface area contributed by atoms with Crippen molar-refractivity contribution < 1.29 is 0 Å². The zero-order chi connectivity index (χ0) is 12.7. The highest BCUT2D eigenvalue weighted by atomic mass is 35.5. The molecule has 0 saturated carbocycles. The molecule has 0 saturated heterocycles. The van der Waals surface area contributed by atoms with Gasteiger partial charge in [0.1, 0.15) is 5.52 Å². The number of nitrogens with zero attached hydrogens (tertiary/aromatic N) is 3. The number of aromatic nitrogens is 3. The molecule has 0 atom stereocenters. The number of hydrogen-bond donors (Lipinski definition) is 1. The van der Waals surface area contributed by atoms with Crippen molar-refractivity contribution in [1.82, 2.24) is 14.5 Å². The molecule has 0 bridgehead atoms. The molecule has 3 aromatic rings. The van der Waals surface area contributed by atoms with Crippen LogP contribution in [0.15, 0.2) is 36.7 Å². The molecule has 0 fully saturated rings. The number of nitrogen functional groups attached to an aromatic ring is 1. The molecule has 0 spiro atoms. The average Bonchev–Trinajstić information content (AvgIpc) is 2.66. The van der Waals surface area contributed by atoms with Crippen molar-refractivity contribution in [2.45, 2.75) is 0 Å². The minimum Gasteiger partial charge on any atom is -0.369 e. The fourth-order valence-corrected chi connectivity index (χ4v) is 2.36. The second-order valence-corrected chi connectivity index (χ2v) is 4.61. The Balaban J connectivity index is 2.34. The summed E-state index contributed by atoms with van der Waals surface area (Å²) in [5.41, 5.74) is 8.24. The molecule has 90 valence electrons. The second-order valence-electron chi connectivity index (χ2n) is 3.77. The lowest BCUT2D eigenvalue weighted by molar-refractivity contribution is 1.11. The van der Waals surface area contributed by atoms with Crippen LogP contribution in [0.25, 0.3) is 16.7 Å². The van der Waals surface area contributed by atoms with Gasteiger partial charge in [-0.3, -0.25) is 9.55 Å². The summed E-state index contributed by atoms with van der Waals surface area (Å²) in [6.07, 6.45) is 3.34. The maximum atomic E-state index is 6.19. The van der Waals surface area contributed by atoms with E-state index in [9.17, 15) is 0 Å². The molecule has 0 amide bonds. The first-order valence-corrected chi connectivity index (χ1v) is 5.96. The molecule has 0 radical (unpaired) electrons. The van der Waals surface area contributed by atoms with Crippen molar-refractivity contribution >= 4 is 40.2 Å². The lowest BCUT2D eigenvalue weighted by atomic mass is 10.3. The van der Waals surface area contributed by atoms with Crippen molar-refractivity contribution in [3.8, 4) is 5.69 Å². The van der Waals surface area contributed by atoms with Gasteiger partial charge in [0, 0.05) is 11.2 Å². The van der Waals surface area contributed by atoms with Crippen LogP contribution in [0, 0.1) is 0 Å². The first-order chi connectivity index (χ1) is 8.66.